The molecule has 0 radical (unpaired) electrons. The second kappa shape index (κ2) is 4.81. The number of hydroxylamine groups is 2. The Morgan fingerprint density at radius 1 is 1.50 bits per heavy atom. The minimum Gasteiger partial charge on any atom is -0.442 e. The van der Waals surface area contributed by atoms with Gasteiger partial charge in [-0.2, -0.15) is 5.06 Å². The normalized spacial score (nSPS) is 20.2. The molecule has 100 valence electrons. The summed E-state index contributed by atoms with van der Waals surface area (Å²) in [5.74, 6) is 0. The van der Waals surface area contributed by atoms with Gasteiger partial charge in [-0.05, 0) is 27.7 Å². The largest absolute Gasteiger partial charge is 0.442 e. The molecule has 0 bridgehead atoms. The van der Waals surface area contributed by atoms with Crippen molar-refractivity contribution < 1.29 is 14.4 Å². The fraction of sp³-hybridized carbons (Fsp3) is 0.727. The summed E-state index contributed by atoms with van der Waals surface area (Å²) in [6.07, 6.45) is 0.242. The highest BCUT2D eigenvalue weighted by Gasteiger charge is 2.36. The van der Waals surface area contributed by atoms with Crippen LogP contribution in [0.4, 0.5) is 4.79 Å². The summed E-state index contributed by atoms with van der Waals surface area (Å²) in [6, 6.07) is -0.189. The van der Waals surface area contributed by atoms with Gasteiger partial charge in [-0.15, -0.1) is 10.2 Å². The number of aromatic nitrogens is 2. The average molecular weight is 271 g/mol. The maximum atomic E-state index is 12.0. The van der Waals surface area contributed by atoms with Crippen molar-refractivity contribution >= 4 is 17.4 Å². The number of hydrogen-bond acceptors (Lipinski definition) is 6. The lowest BCUT2D eigenvalue weighted by molar-refractivity contribution is -0.125. The highest BCUT2D eigenvalue weighted by molar-refractivity contribution is 7.11. The van der Waals surface area contributed by atoms with Crippen LogP contribution in [0.1, 0.15) is 43.2 Å². The summed E-state index contributed by atoms with van der Waals surface area (Å²) in [5, 5.41) is 11.0. The highest BCUT2D eigenvalue weighted by atomic mass is 32.1. The van der Waals surface area contributed by atoms with E-state index in [1.165, 1.54) is 16.4 Å². The number of aryl methyl sites for hydroxylation is 1. The maximum absolute atomic E-state index is 12.0. The molecule has 6 nitrogen and oxygen atoms in total. The first-order valence-corrected chi connectivity index (χ1v) is 6.63. The van der Waals surface area contributed by atoms with Gasteiger partial charge in [0.1, 0.15) is 21.7 Å². The Balaban J connectivity index is 2.10. The molecular weight excluding hydrogens is 254 g/mol. The van der Waals surface area contributed by atoms with Crippen LogP contribution < -0.4 is 0 Å². The number of carbonyl (C=O) groups excluding carboxylic acids is 1. The van der Waals surface area contributed by atoms with Crippen molar-refractivity contribution in [3.05, 3.63) is 10.0 Å². The minimum absolute atomic E-state index is 0.189. The smallest absolute Gasteiger partial charge is 0.435 e. The number of rotatable bonds is 1. The third kappa shape index (κ3) is 2.97. The Kier molecular flexibility index (Phi) is 3.54. The molecule has 2 heterocycles. The monoisotopic (exact) mass is 271 g/mol. The lowest BCUT2D eigenvalue weighted by Gasteiger charge is -2.25. The molecule has 18 heavy (non-hydrogen) atoms. The number of carbonyl (C=O) groups is 1. The Labute approximate surface area is 110 Å². The van der Waals surface area contributed by atoms with E-state index in [1.807, 2.05) is 27.7 Å². The second-order valence-electron chi connectivity index (χ2n) is 5.10. The van der Waals surface area contributed by atoms with Gasteiger partial charge in [-0.1, -0.05) is 11.3 Å². The van der Waals surface area contributed by atoms with Crippen LogP contribution in [-0.4, -0.2) is 33.6 Å². The Hall–Kier alpha value is -1.21. The first-order chi connectivity index (χ1) is 8.37. The molecule has 0 saturated carbocycles. The van der Waals surface area contributed by atoms with Crippen molar-refractivity contribution in [1.29, 1.82) is 0 Å². The third-order valence-electron chi connectivity index (χ3n) is 2.30. The van der Waals surface area contributed by atoms with Crippen LogP contribution in [0, 0.1) is 6.92 Å². The quantitative estimate of drug-likeness (QED) is 0.785. The molecule has 0 aliphatic carbocycles. The van der Waals surface area contributed by atoms with Crippen LogP contribution in [0.5, 0.6) is 0 Å². The number of nitrogens with zero attached hydrogens (tertiary/aromatic N) is 3. The molecule has 0 spiro atoms. The molecule has 1 unspecified atom stereocenters. The zero-order chi connectivity index (χ0) is 13.3. The van der Waals surface area contributed by atoms with Gasteiger partial charge >= 0.3 is 6.09 Å². The predicted molar refractivity (Wildman–Crippen MR) is 66.0 cm³/mol. The summed E-state index contributed by atoms with van der Waals surface area (Å²) < 4.78 is 5.30. The van der Waals surface area contributed by atoms with E-state index in [2.05, 4.69) is 10.2 Å². The fourth-order valence-corrected chi connectivity index (χ4v) is 2.44. The summed E-state index contributed by atoms with van der Waals surface area (Å²) in [5.41, 5.74) is -0.537. The fourth-order valence-electron chi connectivity index (χ4n) is 1.63. The third-order valence-corrected chi connectivity index (χ3v) is 3.24. The molecule has 2 rings (SSSR count). The van der Waals surface area contributed by atoms with Gasteiger partial charge in [0.15, 0.2) is 0 Å². The minimum atomic E-state index is -0.537. The van der Waals surface area contributed by atoms with E-state index in [4.69, 9.17) is 9.57 Å². The molecular formula is C11H17N3O3S. The molecule has 1 saturated heterocycles. The van der Waals surface area contributed by atoms with Crippen LogP contribution >= 0.6 is 11.3 Å². The first-order valence-electron chi connectivity index (χ1n) is 5.82. The van der Waals surface area contributed by atoms with Crippen molar-refractivity contribution in [3.63, 3.8) is 0 Å². The Bertz CT molecular complexity index is 441. The van der Waals surface area contributed by atoms with Crippen molar-refractivity contribution in [3.8, 4) is 0 Å². The standard InChI is InChI=1S/C11H17N3O3S/c1-7-12-13-9(18-7)8-5-6-16-14(8)10(15)17-11(2,3)4/h8H,5-6H2,1-4H3. The summed E-state index contributed by atoms with van der Waals surface area (Å²) >= 11 is 1.47. The predicted octanol–water partition coefficient (Wildman–Crippen LogP) is 2.46. The van der Waals surface area contributed by atoms with Crippen LogP contribution in [-0.2, 0) is 9.57 Å². The molecule has 0 N–H and O–H groups in total. The van der Waals surface area contributed by atoms with Crippen LogP contribution in [0.2, 0.25) is 0 Å². The number of ether oxygens (including phenoxy) is 1. The summed E-state index contributed by atoms with van der Waals surface area (Å²) in [7, 11) is 0. The van der Waals surface area contributed by atoms with Crippen LogP contribution in [0.3, 0.4) is 0 Å². The van der Waals surface area contributed by atoms with Crippen molar-refractivity contribution in [1.82, 2.24) is 15.3 Å². The van der Waals surface area contributed by atoms with Gasteiger partial charge in [0.05, 0.1) is 6.61 Å². The molecule has 1 aliphatic heterocycles. The van der Waals surface area contributed by atoms with Gasteiger partial charge in [-0.3, -0.25) is 4.84 Å². The summed E-state index contributed by atoms with van der Waals surface area (Å²) in [6.45, 7) is 7.85. The van der Waals surface area contributed by atoms with E-state index in [0.717, 1.165) is 10.0 Å². The SMILES string of the molecule is Cc1nnc(C2CCON2C(=O)OC(C)(C)C)s1. The molecule has 1 amide bonds. The van der Waals surface area contributed by atoms with Gasteiger partial charge < -0.3 is 4.74 Å². The van der Waals surface area contributed by atoms with Crippen LogP contribution in [0.15, 0.2) is 0 Å². The zero-order valence-corrected chi connectivity index (χ0v) is 11.8. The van der Waals surface area contributed by atoms with E-state index >= 15 is 0 Å². The van der Waals surface area contributed by atoms with E-state index < -0.39 is 11.7 Å². The molecule has 7 heteroatoms. The number of hydrogen-bond donors (Lipinski definition) is 0. The van der Waals surface area contributed by atoms with Crippen molar-refractivity contribution in [2.45, 2.75) is 45.8 Å². The topological polar surface area (TPSA) is 64.6 Å². The van der Waals surface area contributed by atoms with Gasteiger partial charge in [0.25, 0.3) is 0 Å². The Morgan fingerprint density at radius 3 is 2.78 bits per heavy atom. The van der Waals surface area contributed by atoms with Gasteiger partial charge in [0, 0.05) is 6.42 Å². The van der Waals surface area contributed by atoms with Crippen LogP contribution in [0.25, 0.3) is 0 Å². The zero-order valence-electron chi connectivity index (χ0n) is 11.0. The highest BCUT2D eigenvalue weighted by Crippen LogP contribution is 2.33. The molecule has 1 aromatic rings. The Morgan fingerprint density at radius 2 is 2.22 bits per heavy atom. The van der Waals surface area contributed by atoms with Crippen molar-refractivity contribution in [2.24, 2.45) is 0 Å². The van der Waals surface area contributed by atoms with E-state index in [1.54, 1.807) is 0 Å². The van der Waals surface area contributed by atoms with E-state index in [9.17, 15) is 4.79 Å². The average Bonchev–Trinajstić information content (AvgIpc) is 2.81. The maximum Gasteiger partial charge on any atom is 0.435 e. The second-order valence-corrected chi connectivity index (χ2v) is 6.32. The molecule has 1 fully saturated rings. The van der Waals surface area contributed by atoms with Crippen molar-refractivity contribution in [2.75, 3.05) is 6.61 Å². The molecule has 1 aromatic heterocycles. The molecule has 1 atom stereocenters. The van der Waals surface area contributed by atoms with E-state index in [-0.39, 0.29) is 6.04 Å². The lowest BCUT2D eigenvalue weighted by atomic mass is 10.2. The summed E-state index contributed by atoms with van der Waals surface area (Å²) in [4.78, 5) is 17.3. The number of amides is 1. The molecule has 1 aliphatic rings. The van der Waals surface area contributed by atoms with Gasteiger partial charge in [-0.25, -0.2) is 4.79 Å². The van der Waals surface area contributed by atoms with Gasteiger partial charge in [0.2, 0.25) is 0 Å². The van der Waals surface area contributed by atoms with E-state index in [0.29, 0.717) is 13.0 Å². The first kappa shape index (κ1) is 13.2. The molecule has 0 aromatic carbocycles. The lowest BCUT2D eigenvalue weighted by Crippen LogP contribution is -2.35.